The summed E-state index contributed by atoms with van der Waals surface area (Å²) >= 11 is 3.58. The van der Waals surface area contributed by atoms with Crippen LogP contribution in [0.2, 0.25) is 0 Å². The summed E-state index contributed by atoms with van der Waals surface area (Å²) in [6.07, 6.45) is 2.28. The molecule has 5 heteroatoms. The van der Waals surface area contributed by atoms with Gasteiger partial charge in [-0.3, -0.25) is 4.79 Å². The lowest BCUT2D eigenvalue weighted by molar-refractivity contribution is -0.134. The van der Waals surface area contributed by atoms with Crippen molar-refractivity contribution in [2.45, 2.75) is 31.3 Å². The van der Waals surface area contributed by atoms with Crippen LogP contribution < -0.4 is 5.73 Å². The predicted octanol–water partition coefficient (Wildman–Crippen LogP) is 2.48. The molecule has 2 N–H and O–H groups in total. The van der Waals surface area contributed by atoms with Crippen molar-refractivity contribution in [1.29, 1.82) is 0 Å². The van der Waals surface area contributed by atoms with Gasteiger partial charge in [0, 0.05) is 30.6 Å². The van der Waals surface area contributed by atoms with Crippen molar-refractivity contribution in [3.8, 4) is 0 Å². The van der Waals surface area contributed by atoms with E-state index in [0.717, 1.165) is 22.9 Å². The van der Waals surface area contributed by atoms with Crippen molar-refractivity contribution in [3.05, 3.63) is 34.3 Å². The maximum absolute atomic E-state index is 12.4. The Kier molecular flexibility index (Phi) is 5.57. The topological polar surface area (TPSA) is 55.6 Å². The summed E-state index contributed by atoms with van der Waals surface area (Å²) in [5.41, 5.74) is 7.42. The van der Waals surface area contributed by atoms with E-state index in [4.69, 9.17) is 10.5 Å². The first-order valence-electron chi connectivity index (χ1n) is 6.93. The highest BCUT2D eigenvalue weighted by Crippen LogP contribution is 2.33. The van der Waals surface area contributed by atoms with E-state index in [0.29, 0.717) is 19.6 Å². The van der Waals surface area contributed by atoms with E-state index >= 15 is 0 Å². The van der Waals surface area contributed by atoms with Gasteiger partial charge in [0.25, 0.3) is 0 Å². The van der Waals surface area contributed by atoms with Crippen LogP contribution in [0.25, 0.3) is 0 Å². The first kappa shape index (κ1) is 15.5. The molecule has 0 spiro atoms. The van der Waals surface area contributed by atoms with Gasteiger partial charge in [0.15, 0.2) is 0 Å². The predicted molar refractivity (Wildman–Crippen MR) is 82.3 cm³/mol. The highest BCUT2D eigenvalue weighted by molar-refractivity contribution is 9.10. The van der Waals surface area contributed by atoms with Crippen LogP contribution in [0.5, 0.6) is 0 Å². The second kappa shape index (κ2) is 7.20. The average Bonchev–Trinajstić information content (AvgIpc) is 2.57. The lowest BCUT2D eigenvalue weighted by Crippen LogP contribution is -2.43. The molecule has 1 aromatic rings. The Morgan fingerprint density at radius 2 is 2.20 bits per heavy atom. The number of carbonyl (C=O) groups is 1. The number of benzene rings is 1. The normalized spacial score (nSPS) is 23.8. The van der Waals surface area contributed by atoms with E-state index in [1.807, 2.05) is 29.2 Å². The molecule has 2 atom stereocenters. The molecule has 0 saturated carbocycles. The second-order valence-electron chi connectivity index (χ2n) is 5.10. The van der Waals surface area contributed by atoms with Crippen LogP contribution in [0.4, 0.5) is 0 Å². The van der Waals surface area contributed by atoms with Crippen molar-refractivity contribution < 1.29 is 9.53 Å². The maximum Gasteiger partial charge on any atom is 0.223 e. The average molecular weight is 341 g/mol. The summed E-state index contributed by atoms with van der Waals surface area (Å²) < 4.78 is 6.13. The third-order valence-electron chi connectivity index (χ3n) is 3.75. The molecule has 2 unspecified atom stereocenters. The quantitative estimate of drug-likeness (QED) is 0.915. The number of halogens is 1. The Hall–Kier alpha value is -0.910. The number of ether oxygens (including phenoxy) is 1. The van der Waals surface area contributed by atoms with Crippen molar-refractivity contribution in [3.63, 3.8) is 0 Å². The fourth-order valence-electron chi connectivity index (χ4n) is 2.74. The van der Waals surface area contributed by atoms with Gasteiger partial charge in [-0.2, -0.15) is 0 Å². The number of hydrogen-bond acceptors (Lipinski definition) is 3. The first-order valence-corrected chi connectivity index (χ1v) is 7.73. The zero-order valence-electron chi connectivity index (χ0n) is 11.7. The molecule has 0 aliphatic carbocycles. The Morgan fingerprint density at radius 3 is 2.90 bits per heavy atom. The van der Waals surface area contributed by atoms with Crippen LogP contribution in [0, 0.1) is 0 Å². The summed E-state index contributed by atoms with van der Waals surface area (Å²) in [5, 5.41) is 0. The largest absolute Gasteiger partial charge is 0.383 e. The molecule has 1 amide bonds. The fourth-order valence-corrected chi connectivity index (χ4v) is 3.26. The van der Waals surface area contributed by atoms with Gasteiger partial charge in [0.2, 0.25) is 5.91 Å². The van der Waals surface area contributed by atoms with Crippen LogP contribution in [0.15, 0.2) is 28.7 Å². The van der Waals surface area contributed by atoms with Gasteiger partial charge in [-0.05, 0) is 24.5 Å². The SMILES string of the molecule is COCCN1C(=O)CCCC(N)C1c1ccccc1Br. The number of nitrogens with two attached hydrogens (primary N) is 1. The first-order chi connectivity index (χ1) is 9.65. The summed E-state index contributed by atoms with van der Waals surface area (Å²) in [7, 11) is 1.65. The molecule has 1 saturated heterocycles. The number of amides is 1. The Bertz CT molecular complexity index is 467. The molecular formula is C15H21BrN2O2. The minimum Gasteiger partial charge on any atom is -0.383 e. The van der Waals surface area contributed by atoms with Gasteiger partial charge >= 0.3 is 0 Å². The summed E-state index contributed by atoms with van der Waals surface area (Å²) in [6.45, 7) is 1.11. The number of hydrogen-bond donors (Lipinski definition) is 1. The highest BCUT2D eigenvalue weighted by atomic mass is 79.9. The van der Waals surface area contributed by atoms with E-state index in [2.05, 4.69) is 15.9 Å². The molecule has 0 bridgehead atoms. The Morgan fingerprint density at radius 1 is 1.45 bits per heavy atom. The molecule has 1 aliphatic rings. The highest BCUT2D eigenvalue weighted by Gasteiger charge is 2.33. The molecule has 110 valence electrons. The maximum atomic E-state index is 12.4. The minimum absolute atomic E-state index is 0.0444. The summed E-state index contributed by atoms with van der Waals surface area (Å²) in [5.74, 6) is 0.163. The van der Waals surface area contributed by atoms with Crippen LogP contribution in [0.3, 0.4) is 0 Å². The van der Waals surface area contributed by atoms with Gasteiger partial charge < -0.3 is 15.4 Å². The van der Waals surface area contributed by atoms with Crippen LogP contribution in [0.1, 0.15) is 30.9 Å². The lowest BCUT2D eigenvalue weighted by atomic mass is 9.96. The number of nitrogens with zero attached hydrogens (tertiary/aromatic N) is 1. The standard InChI is InChI=1S/C15H21BrN2O2/c1-20-10-9-18-14(19)8-4-7-13(17)15(18)11-5-2-3-6-12(11)16/h2-3,5-6,13,15H,4,7-10,17H2,1H3. The zero-order valence-corrected chi connectivity index (χ0v) is 13.3. The van der Waals surface area contributed by atoms with E-state index in [-0.39, 0.29) is 18.0 Å². The van der Waals surface area contributed by atoms with Gasteiger partial charge in [-0.25, -0.2) is 0 Å². The second-order valence-corrected chi connectivity index (χ2v) is 5.96. The third-order valence-corrected chi connectivity index (χ3v) is 4.47. The van der Waals surface area contributed by atoms with E-state index in [9.17, 15) is 4.79 Å². The molecule has 0 aromatic heterocycles. The van der Waals surface area contributed by atoms with Crippen LogP contribution in [-0.4, -0.2) is 37.1 Å². The molecule has 2 rings (SSSR count). The summed E-state index contributed by atoms with van der Waals surface area (Å²) in [4.78, 5) is 14.2. The third kappa shape index (κ3) is 3.40. The lowest BCUT2D eigenvalue weighted by Gasteiger charge is -2.34. The number of rotatable bonds is 4. The molecule has 1 aliphatic heterocycles. The molecule has 0 radical (unpaired) electrons. The van der Waals surface area contributed by atoms with Crippen LogP contribution >= 0.6 is 15.9 Å². The molecule has 20 heavy (non-hydrogen) atoms. The van der Waals surface area contributed by atoms with Gasteiger partial charge in [0.05, 0.1) is 12.6 Å². The fraction of sp³-hybridized carbons (Fsp3) is 0.533. The van der Waals surface area contributed by atoms with Gasteiger partial charge in [-0.1, -0.05) is 34.1 Å². The van der Waals surface area contributed by atoms with Gasteiger partial charge in [-0.15, -0.1) is 0 Å². The monoisotopic (exact) mass is 340 g/mol. The molecule has 1 fully saturated rings. The smallest absolute Gasteiger partial charge is 0.223 e. The van der Waals surface area contributed by atoms with E-state index in [1.54, 1.807) is 7.11 Å². The number of carbonyl (C=O) groups excluding carboxylic acids is 1. The van der Waals surface area contributed by atoms with Crippen molar-refractivity contribution in [1.82, 2.24) is 4.90 Å². The number of methoxy groups -OCH3 is 1. The number of likely N-dealkylation sites (tertiary alicyclic amines) is 1. The summed E-state index contributed by atoms with van der Waals surface area (Å²) in [6, 6.07) is 7.85. The molecule has 1 heterocycles. The minimum atomic E-state index is -0.0873. The molecule has 4 nitrogen and oxygen atoms in total. The molecule has 1 aromatic carbocycles. The van der Waals surface area contributed by atoms with Gasteiger partial charge in [0.1, 0.15) is 0 Å². The van der Waals surface area contributed by atoms with Crippen molar-refractivity contribution in [2.75, 3.05) is 20.3 Å². The van der Waals surface area contributed by atoms with E-state index in [1.165, 1.54) is 0 Å². The van der Waals surface area contributed by atoms with Crippen molar-refractivity contribution in [2.24, 2.45) is 5.73 Å². The molecular weight excluding hydrogens is 320 g/mol. The Labute approximate surface area is 128 Å². The Balaban J connectivity index is 2.36. The van der Waals surface area contributed by atoms with Crippen molar-refractivity contribution >= 4 is 21.8 Å². The van der Waals surface area contributed by atoms with E-state index < -0.39 is 0 Å². The zero-order chi connectivity index (χ0) is 14.5. The van der Waals surface area contributed by atoms with Crippen LogP contribution in [-0.2, 0) is 9.53 Å².